The molecule has 0 aliphatic rings. The zero-order chi connectivity index (χ0) is 15.4. The van der Waals surface area contributed by atoms with Crippen LogP contribution < -0.4 is 10.6 Å². The van der Waals surface area contributed by atoms with Crippen molar-refractivity contribution in [3.05, 3.63) is 52.5 Å². The van der Waals surface area contributed by atoms with Gasteiger partial charge in [0, 0.05) is 27.7 Å². The molecule has 0 atom stereocenters. The molecular formula is C15H13BrN2O2S. The number of halogens is 1. The summed E-state index contributed by atoms with van der Waals surface area (Å²) in [5.74, 6) is -0.415. The standard InChI is InChI=1S/C15H13BrN2O2S/c1-9(19)17-10-3-2-4-11(7-10)18-15(20)13-8-12(21)5-6-14(13)16/h2-8,21H,1H3,(H,17,19)(H,18,20). The fourth-order valence-electron chi connectivity index (χ4n) is 1.76. The third kappa shape index (κ3) is 4.34. The molecule has 2 amide bonds. The number of anilines is 2. The maximum Gasteiger partial charge on any atom is 0.256 e. The molecule has 0 heterocycles. The van der Waals surface area contributed by atoms with Crippen LogP contribution >= 0.6 is 28.6 Å². The van der Waals surface area contributed by atoms with Gasteiger partial charge in [0.1, 0.15) is 0 Å². The first-order valence-corrected chi connectivity index (χ1v) is 7.37. The zero-order valence-electron chi connectivity index (χ0n) is 11.2. The highest BCUT2D eigenvalue weighted by atomic mass is 79.9. The maximum atomic E-state index is 12.3. The predicted molar refractivity (Wildman–Crippen MR) is 90.1 cm³/mol. The third-order valence-corrected chi connectivity index (χ3v) is 3.61. The quantitative estimate of drug-likeness (QED) is 0.722. The molecule has 4 nitrogen and oxygen atoms in total. The van der Waals surface area contributed by atoms with Crippen LogP contribution in [0.4, 0.5) is 11.4 Å². The molecule has 108 valence electrons. The molecule has 0 saturated carbocycles. The SMILES string of the molecule is CC(=O)Nc1cccc(NC(=O)c2cc(S)ccc2Br)c1. The number of benzene rings is 2. The molecule has 21 heavy (non-hydrogen) atoms. The van der Waals surface area contributed by atoms with Crippen LogP contribution in [0.15, 0.2) is 51.8 Å². The van der Waals surface area contributed by atoms with Gasteiger partial charge in [-0.05, 0) is 52.3 Å². The summed E-state index contributed by atoms with van der Waals surface area (Å²) in [6.45, 7) is 1.43. The van der Waals surface area contributed by atoms with Crippen molar-refractivity contribution in [1.82, 2.24) is 0 Å². The van der Waals surface area contributed by atoms with E-state index in [9.17, 15) is 9.59 Å². The molecule has 2 N–H and O–H groups in total. The van der Waals surface area contributed by atoms with Gasteiger partial charge < -0.3 is 10.6 Å². The molecule has 0 bridgehead atoms. The van der Waals surface area contributed by atoms with Crippen molar-refractivity contribution in [1.29, 1.82) is 0 Å². The lowest BCUT2D eigenvalue weighted by Gasteiger charge is -2.09. The summed E-state index contributed by atoms with van der Waals surface area (Å²) in [5, 5.41) is 5.45. The van der Waals surface area contributed by atoms with Gasteiger partial charge in [0.15, 0.2) is 0 Å². The molecule has 0 aliphatic heterocycles. The maximum absolute atomic E-state index is 12.3. The minimum absolute atomic E-state index is 0.163. The van der Waals surface area contributed by atoms with Gasteiger partial charge in [-0.25, -0.2) is 0 Å². The lowest BCUT2D eigenvalue weighted by atomic mass is 10.2. The summed E-state index contributed by atoms with van der Waals surface area (Å²) in [6.07, 6.45) is 0. The highest BCUT2D eigenvalue weighted by Gasteiger charge is 2.11. The smallest absolute Gasteiger partial charge is 0.256 e. The Labute approximate surface area is 136 Å². The van der Waals surface area contributed by atoms with Crippen molar-refractivity contribution in [2.75, 3.05) is 10.6 Å². The second kappa shape index (κ2) is 6.78. The van der Waals surface area contributed by atoms with E-state index in [2.05, 4.69) is 39.2 Å². The second-order valence-corrected chi connectivity index (χ2v) is 5.75. The Kier molecular flexibility index (Phi) is 5.03. The third-order valence-electron chi connectivity index (χ3n) is 2.64. The molecule has 2 rings (SSSR count). The summed E-state index contributed by atoms with van der Waals surface area (Å²) in [7, 11) is 0. The topological polar surface area (TPSA) is 58.2 Å². The second-order valence-electron chi connectivity index (χ2n) is 4.38. The molecule has 0 saturated heterocycles. The number of thiol groups is 1. The van der Waals surface area contributed by atoms with E-state index >= 15 is 0 Å². The lowest BCUT2D eigenvalue weighted by Crippen LogP contribution is -2.13. The Morgan fingerprint density at radius 1 is 1.05 bits per heavy atom. The van der Waals surface area contributed by atoms with Crippen molar-refractivity contribution in [2.24, 2.45) is 0 Å². The molecule has 0 unspecified atom stereocenters. The van der Waals surface area contributed by atoms with Gasteiger partial charge in [0.2, 0.25) is 5.91 Å². The van der Waals surface area contributed by atoms with Gasteiger partial charge in [0.05, 0.1) is 5.56 Å². The summed E-state index contributed by atoms with van der Waals surface area (Å²) >= 11 is 7.57. The van der Waals surface area contributed by atoms with E-state index < -0.39 is 0 Å². The van der Waals surface area contributed by atoms with Crippen molar-refractivity contribution in [3.8, 4) is 0 Å². The fraction of sp³-hybridized carbons (Fsp3) is 0.0667. The van der Waals surface area contributed by atoms with Crippen LogP contribution in [0.5, 0.6) is 0 Å². The first kappa shape index (κ1) is 15.6. The predicted octanol–water partition coefficient (Wildman–Crippen LogP) is 3.95. The molecule has 0 aliphatic carbocycles. The molecule has 0 aromatic heterocycles. The monoisotopic (exact) mass is 364 g/mol. The van der Waals surface area contributed by atoms with Gasteiger partial charge >= 0.3 is 0 Å². The van der Waals surface area contributed by atoms with E-state index in [1.165, 1.54) is 6.92 Å². The average Bonchev–Trinajstić information content (AvgIpc) is 2.41. The number of rotatable bonds is 3. The Hall–Kier alpha value is -1.79. The molecule has 0 fully saturated rings. The van der Waals surface area contributed by atoms with Gasteiger partial charge in [-0.2, -0.15) is 0 Å². The summed E-state index contributed by atoms with van der Waals surface area (Å²) in [6, 6.07) is 12.2. The number of nitrogens with one attached hydrogen (secondary N) is 2. The highest BCUT2D eigenvalue weighted by Crippen LogP contribution is 2.22. The van der Waals surface area contributed by atoms with E-state index in [-0.39, 0.29) is 11.8 Å². The van der Waals surface area contributed by atoms with E-state index in [0.717, 1.165) is 0 Å². The van der Waals surface area contributed by atoms with Crippen molar-refractivity contribution in [3.63, 3.8) is 0 Å². The first-order valence-electron chi connectivity index (χ1n) is 6.13. The Morgan fingerprint density at radius 2 is 1.71 bits per heavy atom. The highest BCUT2D eigenvalue weighted by molar-refractivity contribution is 9.10. The van der Waals surface area contributed by atoms with Gasteiger partial charge in [-0.3, -0.25) is 9.59 Å². The van der Waals surface area contributed by atoms with Crippen LogP contribution in [0, 0.1) is 0 Å². The largest absolute Gasteiger partial charge is 0.326 e. The average molecular weight is 365 g/mol. The molecule has 6 heteroatoms. The van der Waals surface area contributed by atoms with Crippen LogP contribution in [-0.4, -0.2) is 11.8 Å². The van der Waals surface area contributed by atoms with Crippen LogP contribution in [0.3, 0.4) is 0 Å². The molecule has 2 aromatic carbocycles. The van der Waals surface area contributed by atoms with Crippen LogP contribution in [0.1, 0.15) is 17.3 Å². The van der Waals surface area contributed by atoms with Crippen LogP contribution in [-0.2, 0) is 4.79 Å². The van der Waals surface area contributed by atoms with E-state index in [1.54, 1.807) is 42.5 Å². The molecule has 2 aromatic rings. The Morgan fingerprint density at radius 3 is 2.38 bits per heavy atom. The Bertz CT molecular complexity index is 704. The van der Waals surface area contributed by atoms with E-state index in [4.69, 9.17) is 0 Å². The molecular weight excluding hydrogens is 352 g/mol. The Balaban J connectivity index is 2.19. The first-order chi connectivity index (χ1) is 9.95. The fourth-order valence-corrected chi connectivity index (χ4v) is 2.39. The minimum atomic E-state index is -0.252. The number of amides is 2. The lowest BCUT2D eigenvalue weighted by molar-refractivity contribution is -0.114. The number of hydrogen-bond acceptors (Lipinski definition) is 3. The van der Waals surface area contributed by atoms with Crippen molar-refractivity contribution < 1.29 is 9.59 Å². The normalized spacial score (nSPS) is 10.0. The van der Waals surface area contributed by atoms with Gasteiger partial charge in [-0.15, -0.1) is 12.6 Å². The van der Waals surface area contributed by atoms with Crippen LogP contribution in [0.2, 0.25) is 0 Å². The number of carbonyl (C=O) groups excluding carboxylic acids is 2. The summed E-state index contributed by atoms with van der Waals surface area (Å²) in [5.41, 5.74) is 1.72. The number of hydrogen-bond donors (Lipinski definition) is 3. The number of carbonyl (C=O) groups is 2. The summed E-state index contributed by atoms with van der Waals surface area (Å²) < 4.78 is 0.691. The molecule has 0 radical (unpaired) electrons. The molecule has 0 spiro atoms. The minimum Gasteiger partial charge on any atom is -0.326 e. The van der Waals surface area contributed by atoms with Gasteiger partial charge in [-0.1, -0.05) is 6.07 Å². The van der Waals surface area contributed by atoms with Gasteiger partial charge in [0.25, 0.3) is 5.91 Å². The van der Waals surface area contributed by atoms with E-state index in [1.807, 2.05) is 0 Å². The van der Waals surface area contributed by atoms with E-state index in [0.29, 0.717) is 26.3 Å². The van der Waals surface area contributed by atoms with Crippen molar-refractivity contribution >= 4 is 51.7 Å². The summed E-state index contributed by atoms with van der Waals surface area (Å²) in [4.78, 5) is 24.0. The van der Waals surface area contributed by atoms with Crippen LogP contribution in [0.25, 0.3) is 0 Å². The van der Waals surface area contributed by atoms with Crippen molar-refractivity contribution in [2.45, 2.75) is 11.8 Å². The zero-order valence-corrected chi connectivity index (χ0v) is 13.7.